The second kappa shape index (κ2) is 8.21. The van der Waals surface area contributed by atoms with Crippen LogP contribution in [0, 0.1) is 12.8 Å². The Kier molecular flexibility index (Phi) is 6.93. The maximum absolute atomic E-state index is 5.48. The average Bonchev–Trinajstić information content (AvgIpc) is 2.35. The Morgan fingerprint density at radius 1 is 1.26 bits per heavy atom. The van der Waals surface area contributed by atoms with Gasteiger partial charge in [-0.1, -0.05) is 38.5 Å². The van der Waals surface area contributed by atoms with E-state index in [9.17, 15) is 0 Å². The highest BCUT2D eigenvalue weighted by Crippen LogP contribution is 2.22. The quantitative estimate of drug-likeness (QED) is 0.766. The van der Waals surface area contributed by atoms with E-state index in [0.717, 1.165) is 18.7 Å². The molecule has 1 atom stereocenters. The summed E-state index contributed by atoms with van der Waals surface area (Å²) >= 11 is 0. The molecule has 2 nitrogen and oxygen atoms in total. The first-order valence-electron chi connectivity index (χ1n) is 7.43. The minimum absolute atomic E-state index is 0.538. The second-order valence-electron chi connectivity index (χ2n) is 5.80. The van der Waals surface area contributed by atoms with Gasteiger partial charge in [0.2, 0.25) is 0 Å². The Morgan fingerprint density at radius 2 is 2.00 bits per heavy atom. The van der Waals surface area contributed by atoms with Gasteiger partial charge in [0.1, 0.15) is 5.75 Å². The van der Waals surface area contributed by atoms with Gasteiger partial charge in [0, 0.05) is 6.04 Å². The van der Waals surface area contributed by atoms with Crippen molar-refractivity contribution in [1.29, 1.82) is 0 Å². The summed E-state index contributed by atoms with van der Waals surface area (Å²) in [7, 11) is 1.76. The van der Waals surface area contributed by atoms with Gasteiger partial charge in [-0.3, -0.25) is 0 Å². The van der Waals surface area contributed by atoms with Crippen LogP contribution in [-0.4, -0.2) is 19.7 Å². The third kappa shape index (κ3) is 5.65. The molecule has 19 heavy (non-hydrogen) atoms. The van der Waals surface area contributed by atoms with Gasteiger partial charge in [0.15, 0.2) is 0 Å². The molecule has 0 bridgehead atoms. The van der Waals surface area contributed by atoms with E-state index in [0.29, 0.717) is 12.0 Å². The molecule has 108 valence electrons. The minimum Gasteiger partial charge on any atom is -0.496 e. The van der Waals surface area contributed by atoms with Crippen LogP contribution in [0.1, 0.15) is 44.7 Å². The topological polar surface area (TPSA) is 21.3 Å². The van der Waals surface area contributed by atoms with E-state index in [-0.39, 0.29) is 0 Å². The van der Waals surface area contributed by atoms with Crippen LogP contribution < -0.4 is 10.1 Å². The summed E-state index contributed by atoms with van der Waals surface area (Å²) in [5.74, 6) is 1.72. The van der Waals surface area contributed by atoms with Gasteiger partial charge in [-0.05, 0) is 50.3 Å². The van der Waals surface area contributed by atoms with Crippen LogP contribution in [0.15, 0.2) is 18.2 Å². The number of hydrogen-bond donors (Lipinski definition) is 1. The van der Waals surface area contributed by atoms with E-state index in [1.54, 1.807) is 7.11 Å². The van der Waals surface area contributed by atoms with Crippen molar-refractivity contribution in [2.24, 2.45) is 5.92 Å². The number of hydrogen-bond acceptors (Lipinski definition) is 2. The predicted octanol–water partition coefficient (Wildman–Crippen LogP) is 3.96. The van der Waals surface area contributed by atoms with Crippen LogP contribution in [0.4, 0.5) is 0 Å². The van der Waals surface area contributed by atoms with Crippen molar-refractivity contribution in [3.63, 3.8) is 0 Å². The lowest BCUT2D eigenvalue weighted by molar-refractivity contribution is 0.390. The molecule has 0 aliphatic carbocycles. The molecular formula is C17H29NO. The smallest absolute Gasteiger partial charge is 0.122 e. The van der Waals surface area contributed by atoms with E-state index in [1.807, 2.05) is 0 Å². The second-order valence-corrected chi connectivity index (χ2v) is 5.80. The fraction of sp³-hybridized carbons (Fsp3) is 0.647. The highest BCUT2D eigenvalue weighted by Gasteiger charge is 2.13. The molecule has 0 aliphatic heterocycles. The Labute approximate surface area is 118 Å². The normalized spacial score (nSPS) is 12.7. The van der Waals surface area contributed by atoms with Crippen molar-refractivity contribution in [2.45, 2.75) is 53.0 Å². The zero-order chi connectivity index (χ0) is 14.3. The fourth-order valence-electron chi connectivity index (χ4n) is 2.49. The Hall–Kier alpha value is -1.02. The van der Waals surface area contributed by atoms with Crippen LogP contribution in [0.3, 0.4) is 0 Å². The van der Waals surface area contributed by atoms with Gasteiger partial charge in [-0.15, -0.1) is 0 Å². The third-order valence-electron chi connectivity index (χ3n) is 3.34. The zero-order valence-electron chi connectivity index (χ0n) is 13.1. The third-order valence-corrected chi connectivity index (χ3v) is 3.34. The largest absolute Gasteiger partial charge is 0.496 e. The maximum Gasteiger partial charge on any atom is 0.122 e. The summed E-state index contributed by atoms with van der Waals surface area (Å²) in [4.78, 5) is 0. The molecule has 1 aromatic carbocycles. The van der Waals surface area contributed by atoms with Crippen LogP contribution in [0.2, 0.25) is 0 Å². The monoisotopic (exact) mass is 263 g/mol. The van der Waals surface area contributed by atoms with Crippen LogP contribution in [-0.2, 0) is 6.42 Å². The van der Waals surface area contributed by atoms with Gasteiger partial charge in [0.25, 0.3) is 0 Å². The van der Waals surface area contributed by atoms with Crippen molar-refractivity contribution in [2.75, 3.05) is 13.7 Å². The molecule has 0 fully saturated rings. The Bertz CT molecular complexity index is 374. The molecule has 0 spiro atoms. The van der Waals surface area contributed by atoms with E-state index in [2.05, 4.69) is 51.2 Å². The molecule has 1 rings (SSSR count). The first kappa shape index (κ1) is 16.0. The van der Waals surface area contributed by atoms with Crippen LogP contribution in [0.25, 0.3) is 0 Å². The molecule has 0 saturated heterocycles. The molecule has 1 aromatic rings. The highest BCUT2D eigenvalue weighted by atomic mass is 16.5. The number of ether oxygens (including phenoxy) is 1. The molecule has 1 unspecified atom stereocenters. The van der Waals surface area contributed by atoms with E-state index < -0.39 is 0 Å². The summed E-state index contributed by atoms with van der Waals surface area (Å²) in [6.07, 6.45) is 3.43. The molecule has 0 aromatic heterocycles. The fourth-order valence-corrected chi connectivity index (χ4v) is 2.49. The van der Waals surface area contributed by atoms with Crippen LogP contribution in [0.5, 0.6) is 5.75 Å². The molecule has 0 saturated carbocycles. The molecule has 2 heteroatoms. The van der Waals surface area contributed by atoms with Gasteiger partial charge in [-0.25, -0.2) is 0 Å². The summed E-state index contributed by atoms with van der Waals surface area (Å²) in [5, 5.41) is 3.66. The molecule has 0 aliphatic rings. The molecular weight excluding hydrogens is 234 g/mol. The number of methoxy groups -OCH3 is 1. The SMILES string of the molecule is CCCNC(Cc1cc(C)ccc1OC)CC(C)C. The lowest BCUT2D eigenvalue weighted by Crippen LogP contribution is -2.33. The first-order chi connectivity index (χ1) is 9.06. The van der Waals surface area contributed by atoms with Crippen molar-refractivity contribution < 1.29 is 4.74 Å². The maximum atomic E-state index is 5.48. The van der Waals surface area contributed by atoms with Crippen molar-refractivity contribution in [3.05, 3.63) is 29.3 Å². The van der Waals surface area contributed by atoms with Gasteiger partial charge >= 0.3 is 0 Å². The minimum atomic E-state index is 0.538. The Morgan fingerprint density at radius 3 is 2.58 bits per heavy atom. The number of nitrogens with one attached hydrogen (secondary N) is 1. The van der Waals surface area contributed by atoms with Crippen molar-refractivity contribution >= 4 is 0 Å². The van der Waals surface area contributed by atoms with Crippen molar-refractivity contribution in [1.82, 2.24) is 5.32 Å². The summed E-state index contributed by atoms with van der Waals surface area (Å²) < 4.78 is 5.48. The zero-order valence-corrected chi connectivity index (χ0v) is 13.1. The molecule has 0 amide bonds. The predicted molar refractivity (Wildman–Crippen MR) is 83.0 cm³/mol. The van der Waals surface area contributed by atoms with E-state index in [1.165, 1.54) is 24.0 Å². The number of benzene rings is 1. The van der Waals surface area contributed by atoms with Gasteiger partial charge in [-0.2, -0.15) is 0 Å². The molecule has 0 heterocycles. The van der Waals surface area contributed by atoms with E-state index in [4.69, 9.17) is 4.74 Å². The first-order valence-corrected chi connectivity index (χ1v) is 7.43. The van der Waals surface area contributed by atoms with E-state index >= 15 is 0 Å². The molecule has 0 radical (unpaired) electrons. The number of aryl methyl sites for hydroxylation is 1. The molecule has 1 N–H and O–H groups in total. The summed E-state index contributed by atoms with van der Waals surface area (Å²) in [5.41, 5.74) is 2.62. The lowest BCUT2D eigenvalue weighted by Gasteiger charge is -2.22. The summed E-state index contributed by atoms with van der Waals surface area (Å²) in [6.45, 7) is 10.0. The highest BCUT2D eigenvalue weighted by molar-refractivity contribution is 5.37. The number of rotatable bonds is 8. The van der Waals surface area contributed by atoms with Crippen LogP contribution >= 0.6 is 0 Å². The lowest BCUT2D eigenvalue weighted by atomic mass is 9.96. The average molecular weight is 263 g/mol. The van der Waals surface area contributed by atoms with Gasteiger partial charge < -0.3 is 10.1 Å². The van der Waals surface area contributed by atoms with Gasteiger partial charge in [0.05, 0.1) is 7.11 Å². The van der Waals surface area contributed by atoms with Crippen molar-refractivity contribution in [3.8, 4) is 5.75 Å². The summed E-state index contributed by atoms with van der Waals surface area (Å²) in [6, 6.07) is 6.98. The standard InChI is InChI=1S/C17H29NO/c1-6-9-18-16(10-13(2)3)12-15-11-14(4)7-8-17(15)19-5/h7-8,11,13,16,18H,6,9-10,12H2,1-5H3. The Balaban J connectivity index is 2.78.